The van der Waals surface area contributed by atoms with Crippen LogP contribution in [0.25, 0.3) is 0 Å². The zero-order valence-corrected chi connectivity index (χ0v) is 17.3. The van der Waals surface area contributed by atoms with Crippen LogP contribution in [0.3, 0.4) is 0 Å². The number of hydrogen-bond donors (Lipinski definition) is 2. The molecule has 0 aromatic heterocycles. The van der Waals surface area contributed by atoms with E-state index < -0.39 is 30.0 Å². The summed E-state index contributed by atoms with van der Waals surface area (Å²) in [7, 11) is 2.81. The molecule has 0 aliphatic rings. The Balaban J connectivity index is 2.02. The van der Waals surface area contributed by atoms with Gasteiger partial charge in [0.2, 0.25) is 5.91 Å². The number of alkyl carbamates (subject to hydrolysis) is 1. The first-order valence-corrected chi connectivity index (χ1v) is 9.54. The van der Waals surface area contributed by atoms with Crippen molar-refractivity contribution in [3.8, 4) is 0 Å². The minimum atomic E-state index is -0.918. The molecule has 8 heteroatoms. The van der Waals surface area contributed by atoms with Crippen molar-refractivity contribution < 1.29 is 24.0 Å². The standard InChI is InChI=1S/C22H27N3O5/c1-16(21(27)25(2)29-3)23-20(26)19(14-17-10-6-4-7-11-17)24-22(28)30-15-18-12-8-5-9-13-18/h4-13,16,19H,14-15H2,1-3H3,(H,23,26)(H,24,28)/t16-,19-/m0/s1. The summed E-state index contributed by atoms with van der Waals surface area (Å²) in [6, 6.07) is 16.7. The average Bonchev–Trinajstić information content (AvgIpc) is 2.77. The summed E-state index contributed by atoms with van der Waals surface area (Å²) in [4.78, 5) is 42.1. The fraction of sp³-hybridized carbons (Fsp3) is 0.318. The van der Waals surface area contributed by atoms with Gasteiger partial charge in [-0.1, -0.05) is 60.7 Å². The van der Waals surface area contributed by atoms with E-state index in [-0.39, 0.29) is 13.0 Å². The van der Waals surface area contributed by atoms with E-state index >= 15 is 0 Å². The maximum absolute atomic E-state index is 12.8. The summed E-state index contributed by atoms with van der Waals surface area (Å²) in [6.07, 6.45) is -0.475. The van der Waals surface area contributed by atoms with E-state index in [4.69, 9.17) is 9.57 Å². The highest BCUT2D eigenvalue weighted by molar-refractivity contribution is 5.90. The Morgan fingerprint density at radius 3 is 2.07 bits per heavy atom. The first kappa shape index (κ1) is 22.9. The predicted molar refractivity (Wildman–Crippen MR) is 111 cm³/mol. The number of amides is 3. The lowest BCUT2D eigenvalue weighted by atomic mass is 10.1. The van der Waals surface area contributed by atoms with Crippen molar-refractivity contribution in [1.82, 2.24) is 15.7 Å². The van der Waals surface area contributed by atoms with Crippen LogP contribution >= 0.6 is 0 Å². The molecule has 0 unspecified atom stereocenters. The number of benzene rings is 2. The third-order valence-electron chi connectivity index (χ3n) is 4.42. The topological polar surface area (TPSA) is 97.0 Å². The molecule has 8 nitrogen and oxygen atoms in total. The minimum Gasteiger partial charge on any atom is -0.445 e. The van der Waals surface area contributed by atoms with Gasteiger partial charge in [-0.05, 0) is 18.1 Å². The molecule has 0 radical (unpaired) electrons. The molecule has 0 fully saturated rings. The maximum Gasteiger partial charge on any atom is 0.408 e. The van der Waals surface area contributed by atoms with Crippen LogP contribution in [0.5, 0.6) is 0 Å². The number of nitrogens with one attached hydrogen (secondary N) is 2. The van der Waals surface area contributed by atoms with Crippen LogP contribution in [-0.4, -0.2) is 49.2 Å². The molecule has 0 saturated carbocycles. The molecule has 2 atom stereocenters. The number of rotatable bonds is 9. The van der Waals surface area contributed by atoms with Crippen LogP contribution in [0.1, 0.15) is 18.1 Å². The van der Waals surface area contributed by atoms with E-state index in [2.05, 4.69) is 10.6 Å². The largest absolute Gasteiger partial charge is 0.445 e. The number of nitrogens with zero attached hydrogens (tertiary/aromatic N) is 1. The van der Waals surface area contributed by atoms with E-state index in [1.807, 2.05) is 60.7 Å². The highest BCUT2D eigenvalue weighted by Crippen LogP contribution is 2.06. The summed E-state index contributed by atoms with van der Waals surface area (Å²) >= 11 is 0. The van der Waals surface area contributed by atoms with E-state index in [0.29, 0.717) is 0 Å². The van der Waals surface area contributed by atoms with Crippen LogP contribution in [-0.2, 0) is 32.2 Å². The van der Waals surface area contributed by atoms with Gasteiger partial charge in [0.05, 0.1) is 7.11 Å². The number of carbonyl (C=O) groups is 3. The van der Waals surface area contributed by atoms with Crippen molar-refractivity contribution in [3.05, 3.63) is 71.8 Å². The molecular formula is C22H27N3O5. The number of hydroxylamine groups is 2. The van der Waals surface area contributed by atoms with Crippen molar-refractivity contribution in [2.75, 3.05) is 14.2 Å². The van der Waals surface area contributed by atoms with Crippen LogP contribution in [0.2, 0.25) is 0 Å². The Hall–Kier alpha value is -3.39. The highest BCUT2D eigenvalue weighted by atomic mass is 16.7. The molecule has 2 N–H and O–H groups in total. The van der Waals surface area contributed by atoms with E-state index in [9.17, 15) is 14.4 Å². The number of carbonyl (C=O) groups excluding carboxylic acids is 3. The van der Waals surface area contributed by atoms with Gasteiger partial charge in [-0.15, -0.1) is 0 Å². The van der Waals surface area contributed by atoms with Gasteiger partial charge in [-0.25, -0.2) is 9.86 Å². The highest BCUT2D eigenvalue weighted by Gasteiger charge is 2.26. The third kappa shape index (κ3) is 7.21. The summed E-state index contributed by atoms with van der Waals surface area (Å²) in [5.41, 5.74) is 1.69. The van der Waals surface area contributed by atoms with Crippen molar-refractivity contribution in [2.45, 2.75) is 32.0 Å². The van der Waals surface area contributed by atoms with Crippen LogP contribution < -0.4 is 10.6 Å². The van der Waals surface area contributed by atoms with Gasteiger partial charge in [0.25, 0.3) is 5.91 Å². The van der Waals surface area contributed by atoms with Gasteiger partial charge >= 0.3 is 6.09 Å². The first-order valence-electron chi connectivity index (χ1n) is 9.54. The second kappa shape index (κ2) is 11.6. The second-order valence-corrected chi connectivity index (χ2v) is 6.70. The van der Waals surface area contributed by atoms with Gasteiger partial charge in [-0.3, -0.25) is 14.4 Å². The van der Waals surface area contributed by atoms with Gasteiger partial charge in [0.1, 0.15) is 18.7 Å². The van der Waals surface area contributed by atoms with Crippen LogP contribution in [0.4, 0.5) is 4.79 Å². The molecule has 0 aliphatic carbocycles. The Bertz CT molecular complexity index is 829. The van der Waals surface area contributed by atoms with Gasteiger partial charge in [0.15, 0.2) is 0 Å². The Morgan fingerprint density at radius 2 is 1.50 bits per heavy atom. The number of ether oxygens (including phenoxy) is 1. The molecular weight excluding hydrogens is 386 g/mol. The van der Waals surface area contributed by atoms with E-state index in [1.165, 1.54) is 14.2 Å². The van der Waals surface area contributed by atoms with Crippen molar-refractivity contribution >= 4 is 17.9 Å². The SMILES string of the molecule is CON(C)C(=O)[C@H](C)NC(=O)[C@H](Cc1ccccc1)NC(=O)OCc1ccccc1. The molecule has 0 aliphatic heterocycles. The molecule has 2 aromatic rings. The summed E-state index contributed by atoms with van der Waals surface area (Å²) in [5.74, 6) is -0.920. The molecule has 160 valence electrons. The molecule has 0 spiro atoms. The van der Waals surface area contributed by atoms with Crippen LogP contribution in [0, 0.1) is 0 Å². The van der Waals surface area contributed by atoms with Gasteiger partial charge in [0, 0.05) is 13.5 Å². The summed E-state index contributed by atoms with van der Waals surface area (Å²) in [6.45, 7) is 1.63. The lowest BCUT2D eigenvalue weighted by Crippen LogP contribution is -2.53. The van der Waals surface area contributed by atoms with Crippen molar-refractivity contribution in [3.63, 3.8) is 0 Å². The molecule has 30 heavy (non-hydrogen) atoms. The quantitative estimate of drug-likeness (QED) is 0.614. The number of likely N-dealkylation sites (N-methyl/N-ethyl adjacent to an activating group) is 1. The molecule has 0 bridgehead atoms. The first-order chi connectivity index (χ1) is 14.4. The Morgan fingerprint density at radius 1 is 0.933 bits per heavy atom. The molecule has 2 rings (SSSR count). The van der Waals surface area contributed by atoms with Crippen molar-refractivity contribution in [2.24, 2.45) is 0 Å². The zero-order valence-electron chi connectivity index (χ0n) is 17.3. The Kier molecular flexibility index (Phi) is 8.83. The third-order valence-corrected chi connectivity index (χ3v) is 4.42. The van der Waals surface area contributed by atoms with E-state index in [0.717, 1.165) is 16.2 Å². The maximum atomic E-state index is 12.8. The Labute approximate surface area is 176 Å². The molecule has 3 amide bonds. The summed E-state index contributed by atoms with van der Waals surface area (Å²) in [5, 5.41) is 6.23. The lowest BCUT2D eigenvalue weighted by molar-refractivity contribution is -0.171. The van der Waals surface area contributed by atoms with Crippen molar-refractivity contribution in [1.29, 1.82) is 0 Å². The monoisotopic (exact) mass is 413 g/mol. The average molecular weight is 413 g/mol. The fourth-order valence-electron chi connectivity index (χ4n) is 2.70. The van der Waals surface area contributed by atoms with E-state index in [1.54, 1.807) is 6.92 Å². The molecule has 0 heterocycles. The van der Waals surface area contributed by atoms with Gasteiger partial charge < -0.3 is 15.4 Å². The molecule has 2 aromatic carbocycles. The minimum absolute atomic E-state index is 0.0832. The van der Waals surface area contributed by atoms with Crippen LogP contribution in [0.15, 0.2) is 60.7 Å². The second-order valence-electron chi connectivity index (χ2n) is 6.70. The van der Waals surface area contributed by atoms with Gasteiger partial charge in [-0.2, -0.15) is 0 Å². The normalized spacial score (nSPS) is 12.4. The number of hydrogen-bond acceptors (Lipinski definition) is 5. The smallest absolute Gasteiger partial charge is 0.408 e. The fourth-order valence-corrected chi connectivity index (χ4v) is 2.70. The predicted octanol–water partition coefficient (Wildman–Crippen LogP) is 2.05. The summed E-state index contributed by atoms with van der Waals surface area (Å²) < 4.78 is 5.23. The zero-order chi connectivity index (χ0) is 21.9. The lowest BCUT2D eigenvalue weighted by Gasteiger charge is -2.23. The molecule has 0 saturated heterocycles.